The summed E-state index contributed by atoms with van der Waals surface area (Å²) in [6.45, 7) is 1.32. The van der Waals surface area contributed by atoms with E-state index >= 15 is 0 Å². The second kappa shape index (κ2) is 3.44. The van der Waals surface area contributed by atoms with E-state index in [4.69, 9.17) is 5.26 Å². The first-order chi connectivity index (χ1) is 6.06. The molecule has 1 aromatic heterocycles. The molecular formula is C8H5F3N2. The number of rotatable bonds is 1. The number of nitriles is 1. The summed E-state index contributed by atoms with van der Waals surface area (Å²) in [6, 6.07) is 2.28. The number of pyridine rings is 1. The Balaban J connectivity index is 3.33. The summed E-state index contributed by atoms with van der Waals surface area (Å²) in [6.07, 6.45) is -2.78. The summed E-state index contributed by atoms with van der Waals surface area (Å²) < 4.78 is 37.1. The van der Waals surface area contributed by atoms with E-state index in [0.29, 0.717) is 0 Å². The van der Waals surface area contributed by atoms with Crippen molar-refractivity contribution in [2.45, 2.75) is 13.3 Å². The third kappa shape index (κ3) is 1.78. The first kappa shape index (κ1) is 9.52. The van der Waals surface area contributed by atoms with Crippen molar-refractivity contribution in [1.82, 2.24) is 4.98 Å². The lowest BCUT2D eigenvalue weighted by molar-refractivity contribution is 0.145. The molecule has 2 nitrogen and oxygen atoms in total. The number of hydrogen-bond acceptors (Lipinski definition) is 2. The van der Waals surface area contributed by atoms with Gasteiger partial charge in [0.1, 0.15) is 11.8 Å². The third-order valence-corrected chi connectivity index (χ3v) is 1.52. The minimum atomic E-state index is -2.78. The molecule has 0 N–H and O–H groups in total. The highest BCUT2D eigenvalue weighted by molar-refractivity contribution is 5.30. The van der Waals surface area contributed by atoms with Crippen LogP contribution in [-0.4, -0.2) is 4.98 Å². The highest BCUT2D eigenvalue weighted by Gasteiger charge is 2.16. The van der Waals surface area contributed by atoms with Gasteiger partial charge in [-0.25, -0.2) is 18.2 Å². The van der Waals surface area contributed by atoms with E-state index in [-0.39, 0.29) is 5.56 Å². The molecule has 0 aliphatic rings. The van der Waals surface area contributed by atoms with Crippen molar-refractivity contribution in [2.24, 2.45) is 0 Å². The van der Waals surface area contributed by atoms with Gasteiger partial charge in [0, 0.05) is 0 Å². The molecule has 0 aliphatic carbocycles. The Labute approximate surface area is 72.6 Å². The zero-order valence-electron chi connectivity index (χ0n) is 6.68. The number of alkyl halides is 2. The molecule has 0 bridgehead atoms. The summed E-state index contributed by atoms with van der Waals surface area (Å²) in [5, 5.41) is 8.32. The molecule has 0 radical (unpaired) electrons. The van der Waals surface area contributed by atoms with Crippen LogP contribution < -0.4 is 0 Å². The van der Waals surface area contributed by atoms with Crippen LogP contribution in [-0.2, 0) is 0 Å². The first-order valence-electron chi connectivity index (χ1n) is 3.41. The zero-order valence-corrected chi connectivity index (χ0v) is 6.68. The lowest BCUT2D eigenvalue weighted by atomic mass is 10.2. The van der Waals surface area contributed by atoms with Crippen molar-refractivity contribution < 1.29 is 13.2 Å². The van der Waals surface area contributed by atoms with Crippen LogP contribution in [0.3, 0.4) is 0 Å². The highest BCUT2D eigenvalue weighted by atomic mass is 19.3. The zero-order chi connectivity index (χ0) is 10.0. The minimum Gasteiger partial charge on any atom is -0.233 e. The maximum Gasteiger partial charge on any atom is 0.280 e. The van der Waals surface area contributed by atoms with Crippen molar-refractivity contribution in [3.05, 3.63) is 28.8 Å². The SMILES string of the molecule is Cc1cc(F)c(C#N)nc1C(F)F. The van der Waals surface area contributed by atoms with Gasteiger partial charge in [0.15, 0.2) is 11.5 Å². The molecule has 0 atom stereocenters. The Kier molecular flexibility index (Phi) is 2.52. The van der Waals surface area contributed by atoms with E-state index in [1.165, 1.54) is 13.0 Å². The predicted octanol–water partition coefficient (Wildman–Crippen LogP) is 2.34. The molecule has 1 aromatic rings. The fraction of sp³-hybridized carbons (Fsp3) is 0.250. The van der Waals surface area contributed by atoms with Crippen molar-refractivity contribution >= 4 is 0 Å². The van der Waals surface area contributed by atoms with Gasteiger partial charge in [-0.15, -0.1) is 0 Å². The lowest BCUT2D eigenvalue weighted by Crippen LogP contribution is -2.00. The highest BCUT2D eigenvalue weighted by Crippen LogP contribution is 2.21. The van der Waals surface area contributed by atoms with Gasteiger partial charge in [0.2, 0.25) is 0 Å². The molecule has 13 heavy (non-hydrogen) atoms. The molecule has 0 spiro atoms. The molecule has 0 unspecified atom stereocenters. The van der Waals surface area contributed by atoms with Gasteiger partial charge >= 0.3 is 0 Å². The standard InChI is InChI=1S/C8H5F3N2/c1-4-2-5(9)6(3-12)13-7(4)8(10)11/h2,8H,1H3. The topological polar surface area (TPSA) is 36.7 Å². The Morgan fingerprint density at radius 2 is 2.15 bits per heavy atom. The van der Waals surface area contributed by atoms with Crippen LogP contribution in [0.4, 0.5) is 13.2 Å². The number of hydrogen-bond donors (Lipinski definition) is 0. The van der Waals surface area contributed by atoms with Gasteiger partial charge in [-0.3, -0.25) is 0 Å². The molecule has 68 valence electrons. The summed E-state index contributed by atoms with van der Waals surface area (Å²) in [7, 11) is 0. The molecule has 0 fully saturated rings. The average Bonchev–Trinajstić information content (AvgIpc) is 2.03. The molecule has 0 aliphatic heterocycles. The van der Waals surface area contributed by atoms with Gasteiger partial charge in [0.25, 0.3) is 6.43 Å². The summed E-state index contributed by atoms with van der Waals surface area (Å²) >= 11 is 0. The van der Waals surface area contributed by atoms with Crippen LogP contribution in [0.25, 0.3) is 0 Å². The van der Waals surface area contributed by atoms with Gasteiger partial charge in [-0.2, -0.15) is 5.26 Å². The monoisotopic (exact) mass is 186 g/mol. The van der Waals surface area contributed by atoms with Crippen LogP contribution in [0.1, 0.15) is 23.4 Å². The van der Waals surface area contributed by atoms with E-state index in [1.54, 1.807) is 0 Å². The fourth-order valence-corrected chi connectivity index (χ4v) is 0.894. The van der Waals surface area contributed by atoms with Crippen LogP contribution in [0.2, 0.25) is 0 Å². The smallest absolute Gasteiger partial charge is 0.233 e. The van der Waals surface area contributed by atoms with Gasteiger partial charge in [0.05, 0.1) is 0 Å². The van der Waals surface area contributed by atoms with E-state index in [1.807, 2.05) is 0 Å². The summed E-state index contributed by atoms with van der Waals surface area (Å²) in [4.78, 5) is 3.20. The molecule has 0 saturated heterocycles. The molecular weight excluding hydrogens is 181 g/mol. The summed E-state index contributed by atoms with van der Waals surface area (Å²) in [5.74, 6) is -0.871. The van der Waals surface area contributed by atoms with E-state index in [0.717, 1.165) is 6.07 Å². The van der Waals surface area contributed by atoms with Crippen molar-refractivity contribution in [2.75, 3.05) is 0 Å². The minimum absolute atomic E-state index is 0.0477. The van der Waals surface area contributed by atoms with Crippen LogP contribution in [0.15, 0.2) is 6.07 Å². The fourth-order valence-electron chi connectivity index (χ4n) is 0.894. The van der Waals surface area contributed by atoms with Gasteiger partial charge in [-0.1, -0.05) is 0 Å². The Bertz CT molecular complexity index is 368. The molecule has 0 aromatic carbocycles. The predicted molar refractivity (Wildman–Crippen MR) is 38.6 cm³/mol. The molecule has 1 rings (SSSR count). The Morgan fingerprint density at radius 1 is 1.54 bits per heavy atom. The van der Waals surface area contributed by atoms with Crippen LogP contribution in [0.5, 0.6) is 0 Å². The normalized spacial score (nSPS) is 10.2. The average molecular weight is 186 g/mol. The summed E-state index contributed by atoms with van der Waals surface area (Å²) in [5.41, 5.74) is -1.09. The maximum atomic E-state index is 12.8. The quantitative estimate of drug-likeness (QED) is 0.674. The first-order valence-corrected chi connectivity index (χ1v) is 3.41. The van der Waals surface area contributed by atoms with E-state index in [9.17, 15) is 13.2 Å². The van der Waals surface area contributed by atoms with Gasteiger partial charge < -0.3 is 0 Å². The van der Waals surface area contributed by atoms with Crippen molar-refractivity contribution in [1.29, 1.82) is 5.26 Å². The van der Waals surface area contributed by atoms with Crippen LogP contribution in [0, 0.1) is 24.1 Å². The Morgan fingerprint density at radius 3 is 2.62 bits per heavy atom. The molecule has 0 amide bonds. The van der Waals surface area contributed by atoms with Crippen LogP contribution >= 0.6 is 0 Å². The lowest BCUT2D eigenvalue weighted by Gasteiger charge is -2.03. The van der Waals surface area contributed by atoms with E-state index < -0.39 is 23.6 Å². The number of nitrogens with zero attached hydrogens (tertiary/aromatic N) is 2. The maximum absolute atomic E-state index is 12.8. The number of aryl methyl sites for hydroxylation is 1. The second-order valence-corrected chi connectivity index (χ2v) is 2.43. The van der Waals surface area contributed by atoms with Crippen molar-refractivity contribution in [3.8, 4) is 6.07 Å². The second-order valence-electron chi connectivity index (χ2n) is 2.43. The molecule has 0 saturated carbocycles. The Hall–Kier alpha value is -1.57. The number of aromatic nitrogens is 1. The van der Waals surface area contributed by atoms with Gasteiger partial charge in [-0.05, 0) is 18.6 Å². The molecule has 1 heterocycles. The van der Waals surface area contributed by atoms with E-state index in [2.05, 4.69) is 4.98 Å². The largest absolute Gasteiger partial charge is 0.280 e. The third-order valence-electron chi connectivity index (χ3n) is 1.52. The molecule has 5 heteroatoms. The van der Waals surface area contributed by atoms with Crippen molar-refractivity contribution in [3.63, 3.8) is 0 Å². The number of halogens is 3.